The first kappa shape index (κ1) is 15.8. The van der Waals surface area contributed by atoms with Crippen molar-refractivity contribution in [2.24, 2.45) is 0 Å². The van der Waals surface area contributed by atoms with Crippen molar-refractivity contribution in [3.63, 3.8) is 0 Å². The van der Waals surface area contributed by atoms with E-state index < -0.39 is 0 Å². The Morgan fingerprint density at radius 1 is 1.05 bits per heavy atom. The van der Waals surface area contributed by atoms with Gasteiger partial charge in [-0.2, -0.15) is 0 Å². The maximum Gasteiger partial charge on any atom is 0.338 e. The summed E-state index contributed by atoms with van der Waals surface area (Å²) >= 11 is 0. The largest absolute Gasteiger partial charge is 0.462 e. The quantitative estimate of drug-likeness (QED) is 0.864. The normalized spacial score (nSPS) is 10.3. The van der Waals surface area contributed by atoms with Crippen molar-refractivity contribution in [3.05, 3.63) is 53.3 Å². The van der Waals surface area contributed by atoms with Gasteiger partial charge >= 0.3 is 5.97 Å². The molecule has 5 heteroatoms. The van der Waals surface area contributed by atoms with Gasteiger partial charge < -0.3 is 14.6 Å². The van der Waals surface area contributed by atoms with Crippen LogP contribution in [0.4, 0.5) is 5.69 Å². The van der Waals surface area contributed by atoms with Gasteiger partial charge in [0.15, 0.2) is 0 Å². The van der Waals surface area contributed by atoms with Gasteiger partial charge in [-0.1, -0.05) is 0 Å². The van der Waals surface area contributed by atoms with E-state index in [0.717, 1.165) is 11.4 Å². The zero-order valence-corrected chi connectivity index (χ0v) is 13.1. The maximum atomic E-state index is 12.1. The van der Waals surface area contributed by atoms with Crippen LogP contribution in [0.2, 0.25) is 0 Å². The highest BCUT2D eigenvalue weighted by molar-refractivity contribution is 5.93. The zero-order chi connectivity index (χ0) is 16.1. The highest BCUT2D eigenvalue weighted by atomic mass is 16.5. The number of carbonyl (C=O) groups is 2. The second kappa shape index (κ2) is 6.93. The predicted octanol–water partition coefficient (Wildman–Crippen LogP) is 2.92. The predicted molar refractivity (Wildman–Crippen MR) is 84.9 cm³/mol. The van der Waals surface area contributed by atoms with Crippen molar-refractivity contribution in [2.45, 2.75) is 27.3 Å². The number of hydrogen-bond acceptors (Lipinski definition) is 3. The number of esters is 1. The van der Waals surface area contributed by atoms with Gasteiger partial charge in [-0.15, -0.1) is 0 Å². The van der Waals surface area contributed by atoms with Gasteiger partial charge in [-0.3, -0.25) is 4.79 Å². The highest BCUT2D eigenvalue weighted by Crippen LogP contribution is 2.12. The van der Waals surface area contributed by atoms with Crippen molar-refractivity contribution >= 4 is 17.6 Å². The zero-order valence-electron chi connectivity index (χ0n) is 13.1. The third-order valence-corrected chi connectivity index (χ3v) is 3.40. The summed E-state index contributed by atoms with van der Waals surface area (Å²) in [6.07, 6.45) is 0. The maximum absolute atomic E-state index is 12.1. The molecule has 1 heterocycles. The second-order valence-electron chi connectivity index (χ2n) is 5.05. The fourth-order valence-corrected chi connectivity index (χ4v) is 2.20. The lowest BCUT2D eigenvalue weighted by Gasteiger charge is -2.10. The minimum absolute atomic E-state index is 0.105. The Hall–Kier alpha value is -2.56. The molecule has 0 radical (unpaired) electrons. The third kappa shape index (κ3) is 3.75. The molecule has 0 saturated heterocycles. The summed E-state index contributed by atoms with van der Waals surface area (Å²) in [6.45, 7) is 6.30. The lowest BCUT2D eigenvalue weighted by molar-refractivity contribution is -0.116. The standard InChI is InChI=1S/C17H20N2O3/c1-4-22-17(21)14-7-9-15(10-8-14)18-16(20)11-19-12(2)5-6-13(19)3/h5-10H,4,11H2,1-3H3,(H,18,20). The summed E-state index contributed by atoms with van der Waals surface area (Å²) in [5.41, 5.74) is 3.22. The van der Waals surface area contributed by atoms with Gasteiger partial charge in [0.2, 0.25) is 5.91 Å². The fraction of sp³-hybridized carbons (Fsp3) is 0.294. The first-order valence-corrected chi connectivity index (χ1v) is 7.21. The van der Waals surface area contributed by atoms with Crippen LogP contribution in [0.25, 0.3) is 0 Å². The molecule has 0 atom stereocenters. The van der Waals surface area contributed by atoms with Crippen LogP contribution in [-0.4, -0.2) is 23.1 Å². The number of rotatable bonds is 5. The molecule has 0 aliphatic rings. The minimum Gasteiger partial charge on any atom is -0.462 e. The van der Waals surface area contributed by atoms with Crippen LogP contribution in [0, 0.1) is 13.8 Å². The minimum atomic E-state index is -0.362. The van der Waals surface area contributed by atoms with E-state index >= 15 is 0 Å². The lowest BCUT2D eigenvalue weighted by Crippen LogP contribution is -2.20. The number of carbonyl (C=O) groups excluding carboxylic acids is 2. The SMILES string of the molecule is CCOC(=O)c1ccc(NC(=O)Cn2c(C)ccc2C)cc1. The van der Waals surface area contributed by atoms with Crippen LogP contribution < -0.4 is 5.32 Å². The molecule has 0 fully saturated rings. The first-order valence-electron chi connectivity index (χ1n) is 7.21. The van der Waals surface area contributed by atoms with E-state index in [2.05, 4.69) is 5.32 Å². The molecule has 1 N–H and O–H groups in total. The third-order valence-electron chi connectivity index (χ3n) is 3.40. The van der Waals surface area contributed by atoms with Crippen molar-refractivity contribution in [1.29, 1.82) is 0 Å². The number of ether oxygens (including phenoxy) is 1. The van der Waals surface area contributed by atoms with E-state index in [4.69, 9.17) is 4.74 Å². The molecular weight excluding hydrogens is 280 g/mol. The Morgan fingerprint density at radius 3 is 2.18 bits per heavy atom. The average molecular weight is 300 g/mol. The molecule has 5 nitrogen and oxygen atoms in total. The van der Waals surface area contributed by atoms with Gasteiger partial charge in [-0.05, 0) is 57.2 Å². The van der Waals surface area contributed by atoms with Crippen LogP contribution in [0.15, 0.2) is 36.4 Å². The Morgan fingerprint density at radius 2 is 1.64 bits per heavy atom. The number of nitrogens with one attached hydrogen (secondary N) is 1. The number of aromatic nitrogens is 1. The highest BCUT2D eigenvalue weighted by Gasteiger charge is 2.09. The van der Waals surface area contributed by atoms with Crippen molar-refractivity contribution in [3.8, 4) is 0 Å². The molecule has 1 aromatic carbocycles. The van der Waals surface area contributed by atoms with E-state index in [1.165, 1.54) is 0 Å². The molecule has 2 rings (SSSR count). The summed E-state index contributed by atoms with van der Waals surface area (Å²) in [7, 11) is 0. The van der Waals surface area contributed by atoms with Gasteiger partial charge in [0, 0.05) is 17.1 Å². The van der Waals surface area contributed by atoms with E-state index in [0.29, 0.717) is 17.9 Å². The van der Waals surface area contributed by atoms with Crippen LogP contribution in [0.5, 0.6) is 0 Å². The summed E-state index contributed by atoms with van der Waals surface area (Å²) in [5.74, 6) is -0.467. The van der Waals surface area contributed by atoms with Crippen LogP contribution in [-0.2, 0) is 16.1 Å². The van der Waals surface area contributed by atoms with Gasteiger partial charge in [0.25, 0.3) is 0 Å². The number of benzene rings is 1. The molecule has 0 spiro atoms. The Balaban J connectivity index is 1.99. The molecule has 22 heavy (non-hydrogen) atoms. The van der Waals surface area contributed by atoms with E-state index in [1.54, 1.807) is 31.2 Å². The summed E-state index contributed by atoms with van der Waals surface area (Å²) in [6, 6.07) is 10.6. The van der Waals surface area contributed by atoms with Crippen LogP contribution >= 0.6 is 0 Å². The molecule has 116 valence electrons. The number of anilines is 1. The van der Waals surface area contributed by atoms with E-state index in [9.17, 15) is 9.59 Å². The van der Waals surface area contributed by atoms with Crippen molar-refractivity contribution in [2.75, 3.05) is 11.9 Å². The van der Waals surface area contributed by atoms with Crippen molar-refractivity contribution < 1.29 is 14.3 Å². The van der Waals surface area contributed by atoms with Crippen LogP contribution in [0.1, 0.15) is 28.7 Å². The molecule has 0 bridgehead atoms. The average Bonchev–Trinajstić information content (AvgIpc) is 2.80. The van der Waals surface area contributed by atoms with Gasteiger partial charge in [-0.25, -0.2) is 4.79 Å². The van der Waals surface area contributed by atoms with Crippen LogP contribution in [0.3, 0.4) is 0 Å². The Labute approximate surface area is 129 Å². The molecule has 0 saturated carbocycles. The smallest absolute Gasteiger partial charge is 0.338 e. The topological polar surface area (TPSA) is 60.3 Å². The summed E-state index contributed by atoms with van der Waals surface area (Å²) in [5, 5.41) is 2.82. The molecule has 2 aromatic rings. The number of hydrogen-bond donors (Lipinski definition) is 1. The summed E-state index contributed by atoms with van der Waals surface area (Å²) in [4.78, 5) is 23.6. The molecule has 1 aromatic heterocycles. The first-order chi connectivity index (χ1) is 10.5. The Bertz CT molecular complexity index is 652. The lowest BCUT2D eigenvalue weighted by atomic mass is 10.2. The summed E-state index contributed by atoms with van der Waals surface area (Å²) < 4.78 is 6.86. The van der Waals surface area contributed by atoms with E-state index in [-0.39, 0.29) is 18.4 Å². The molecular formula is C17H20N2O3. The molecule has 0 aliphatic heterocycles. The van der Waals surface area contributed by atoms with E-state index in [1.807, 2.05) is 30.5 Å². The molecule has 0 aliphatic carbocycles. The number of aryl methyl sites for hydroxylation is 2. The fourth-order valence-electron chi connectivity index (χ4n) is 2.20. The van der Waals surface area contributed by atoms with Crippen molar-refractivity contribution in [1.82, 2.24) is 4.57 Å². The van der Waals surface area contributed by atoms with Gasteiger partial charge in [0.05, 0.1) is 12.2 Å². The number of nitrogens with zero attached hydrogens (tertiary/aromatic N) is 1. The molecule has 1 amide bonds. The van der Waals surface area contributed by atoms with Gasteiger partial charge in [0.1, 0.15) is 6.54 Å². The number of amides is 1. The second-order valence-corrected chi connectivity index (χ2v) is 5.05. The molecule has 0 unspecified atom stereocenters. The Kier molecular flexibility index (Phi) is 4.99. The monoisotopic (exact) mass is 300 g/mol.